The maximum atomic E-state index is 13.2. The molecule has 0 spiro atoms. The van der Waals surface area contributed by atoms with Gasteiger partial charge >= 0.3 is 170 Å². The second kappa shape index (κ2) is 19.0. The van der Waals surface area contributed by atoms with E-state index in [0.717, 1.165) is 18.7 Å². The number of nitrogens with zero attached hydrogens (tertiary/aromatic N) is 3. The normalized spacial score (nSPS) is 15.8. The van der Waals surface area contributed by atoms with E-state index in [9.17, 15) is 9.59 Å². The Bertz CT molecular complexity index is 1900. The van der Waals surface area contributed by atoms with Crippen molar-refractivity contribution >= 4 is 43.2 Å². The van der Waals surface area contributed by atoms with Crippen LogP contribution in [-0.2, 0) is 20.5 Å². The maximum absolute atomic E-state index is 13.2. The third kappa shape index (κ3) is 9.24. The van der Waals surface area contributed by atoms with Crippen molar-refractivity contribution in [2.75, 3.05) is 34.9 Å². The van der Waals surface area contributed by atoms with Crippen LogP contribution in [0.1, 0.15) is 131 Å². The second-order valence-electron chi connectivity index (χ2n) is 16.1. The summed E-state index contributed by atoms with van der Waals surface area (Å²) in [5.74, 6) is 2.37. The first-order valence-electron chi connectivity index (χ1n) is 19.7. The Morgan fingerprint density at radius 1 is 0.750 bits per heavy atom. The minimum absolute atomic E-state index is 0.0891. The van der Waals surface area contributed by atoms with Crippen LogP contribution in [0.5, 0.6) is 11.5 Å². The monoisotopic (exact) mass is 865 g/mol. The molecule has 2 aliphatic heterocycles. The molecule has 0 bridgehead atoms. The van der Waals surface area contributed by atoms with Crippen LogP contribution in [0, 0.1) is 12.6 Å². The fraction of sp³-hybridized carbons (Fsp3) is 0.404. The predicted octanol–water partition coefficient (Wildman–Crippen LogP) is 11.3. The van der Waals surface area contributed by atoms with E-state index in [0.29, 0.717) is 46.4 Å². The van der Waals surface area contributed by atoms with E-state index in [2.05, 4.69) is 108 Å². The first-order chi connectivity index (χ1) is 26.7. The number of amides is 2. The van der Waals surface area contributed by atoms with E-state index in [4.69, 9.17) is 19.2 Å². The number of rotatable bonds is 10. The number of hydrogen-bond acceptors (Lipinski definition) is 6. The van der Waals surface area contributed by atoms with Crippen molar-refractivity contribution in [3.8, 4) is 11.5 Å². The molecule has 2 amide bonds. The summed E-state index contributed by atoms with van der Waals surface area (Å²) in [6.07, 6.45) is -0.736. The molecule has 4 aromatic carbocycles. The molecule has 2 aliphatic rings. The minimum atomic E-state index is -0.736. The van der Waals surface area contributed by atoms with Gasteiger partial charge in [0.15, 0.2) is 0 Å². The molecule has 1 atom stereocenters. The summed E-state index contributed by atoms with van der Waals surface area (Å²) in [6.45, 7) is 26.7. The van der Waals surface area contributed by atoms with E-state index < -0.39 is 27.7 Å². The van der Waals surface area contributed by atoms with E-state index in [1.54, 1.807) is 43.5 Å². The summed E-state index contributed by atoms with van der Waals surface area (Å²) in [5.41, 5.74) is 10.3. The van der Waals surface area contributed by atoms with Gasteiger partial charge in [-0.15, -0.1) is 0 Å². The average molecular weight is 866 g/mol. The summed E-state index contributed by atoms with van der Waals surface area (Å²) >= 11 is -0.474. The molecule has 0 N–H and O–H groups in total. The van der Waals surface area contributed by atoms with Crippen molar-refractivity contribution in [3.05, 3.63) is 119 Å². The Kier molecular flexibility index (Phi) is 14.6. The number of carbonyl (C=O) groups is 2. The molecule has 2 heterocycles. The van der Waals surface area contributed by atoms with Gasteiger partial charge in [-0.3, -0.25) is 0 Å². The summed E-state index contributed by atoms with van der Waals surface area (Å²) in [5, 5.41) is 0. The molecule has 6 rings (SSSR count). The van der Waals surface area contributed by atoms with Crippen LogP contribution in [-0.4, -0.2) is 42.7 Å². The van der Waals surface area contributed by atoms with Gasteiger partial charge < -0.3 is 9.80 Å². The van der Waals surface area contributed by atoms with Crippen molar-refractivity contribution in [1.82, 2.24) is 0 Å². The molecule has 0 radical (unpaired) electrons. The van der Waals surface area contributed by atoms with E-state index in [1.807, 2.05) is 24.5 Å². The van der Waals surface area contributed by atoms with Gasteiger partial charge in [0.05, 0.1) is 0 Å². The van der Waals surface area contributed by atoms with Gasteiger partial charge in [-0.25, -0.2) is 0 Å². The molecule has 56 heavy (non-hydrogen) atoms. The fourth-order valence-electron chi connectivity index (χ4n) is 7.41. The van der Waals surface area contributed by atoms with Crippen molar-refractivity contribution in [2.45, 2.75) is 99.0 Å². The van der Waals surface area contributed by atoms with Crippen molar-refractivity contribution in [2.24, 2.45) is 5.92 Å². The topological polar surface area (TPSA) is 62.3 Å². The van der Waals surface area contributed by atoms with Crippen LogP contribution in [0.2, 0.25) is 0 Å². The number of fused-ring (bicyclic) bond motifs is 1. The van der Waals surface area contributed by atoms with Crippen LogP contribution < -0.4 is 24.2 Å². The Hall–Kier alpha value is -4.00. The molecule has 7 nitrogen and oxygen atoms in total. The van der Waals surface area contributed by atoms with Crippen LogP contribution in [0.25, 0.3) is 0 Å². The zero-order chi connectivity index (χ0) is 40.8. The summed E-state index contributed by atoms with van der Waals surface area (Å²) < 4.78 is 13.0. The number of imide groups is 1. The molecule has 301 valence electrons. The Morgan fingerprint density at radius 2 is 1.21 bits per heavy atom. The van der Waals surface area contributed by atoms with Crippen molar-refractivity contribution < 1.29 is 34.7 Å². The molecule has 9 heteroatoms. The zero-order valence-electron chi connectivity index (χ0n) is 34.7. The number of ether oxygens (including phenoxy) is 2. The third-order valence-corrected chi connectivity index (χ3v) is 11.6. The van der Waals surface area contributed by atoms with Crippen LogP contribution >= 0.6 is 9.69 Å². The number of halogens is 1. The molecule has 0 aliphatic carbocycles. The van der Waals surface area contributed by atoms with E-state index >= 15 is 0 Å². The molecule has 0 saturated carbocycles. The molecular weight excluding hydrogens is 807 g/mol. The van der Waals surface area contributed by atoms with Gasteiger partial charge in [0.25, 0.3) is 0 Å². The Morgan fingerprint density at radius 3 is 1.62 bits per heavy atom. The van der Waals surface area contributed by atoms with Crippen LogP contribution in [0.4, 0.5) is 17.1 Å². The standard InChI is InChI=1S/C27H39N2.C20H19NO4.ClH.Ru/c1-18(2)22-11-9-12-23(19(3)4)26(22)28-15-16-29(17-28)27-24(20(5)6)13-10-14-25(27)21(7)8;1-12(2)17-20(23)21(16-7-5-6-13(3)18(16)25-17)19(22)14-8-10-15(24-4)11-9-14;;/h9-14,17-21H,15-16H2,1-8H3;3,5-12,17H,1-2,4H3;1H;/q-1;;;+1/p-1. The van der Waals surface area contributed by atoms with Gasteiger partial charge in [0.2, 0.25) is 0 Å². The van der Waals surface area contributed by atoms with Crippen molar-refractivity contribution in [3.63, 3.8) is 0 Å². The number of carbonyl (C=O) groups excluding carboxylic acids is 2. The SMILES string of the molecule is CC(C)c1cccc(C(C)C)c1N1[CH-]N(c2c(C(C)C)cccc2C(C)C)CC1.COc1ccc(C(=O)N2C(=O)C(C(C)C)Oc3c([CH]=[Ru][Cl])cccc32)cc1. The number of para-hydroxylation sites is 3. The van der Waals surface area contributed by atoms with Gasteiger partial charge in [-0.2, -0.15) is 6.67 Å². The zero-order valence-corrected chi connectivity index (χ0v) is 37.2. The molecule has 1 fully saturated rings. The number of benzene rings is 4. The first-order valence-corrected chi connectivity index (χ1v) is 22.9. The molecule has 1 unspecified atom stereocenters. The van der Waals surface area contributed by atoms with Gasteiger partial charge in [0.1, 0.15) is 0 Å². The number of anilines is 3. The molecular formula is C47H58ClN3O4Ru-. The first kappa shape index (κ1) is 43.1. The summed E-state index contributed by atoms with van der Waals surface area (Å²) in [6, 6.07) is 25.8. The van der Waals surface area contributed by atoms with Crippen molar-refractivity contribution in [1.29, 1.82) is 0 Å². The predicted molar refractivity (Wildman–Crippen MR) is 230 cm³/mol. The Balaban J connectivity index is 0.000000215. The average Bonchev–Trinajstić information content (AvgIpc) is 3.67. The van der Waals surface area contributed by atoms with E-state index in [1.165, 1.54) is 38.5 Å². The van der Waals surface area contributed by atoms with Gasteiger partial charge in [0, 0.05) is 24.5 Å². The molecule has 0 aromatic heterocycles. The van der Waals surface area contributed by atoms with Crippen LogP contribution in [0.3, 0.4) is 0 Å². The van der Waals surface area contributed by atoms with Crippen LogP contribution in [0.15, 0.2) is 78.9 Å². The van der Waals surface area contributed by atoms with Gasteiger partial charge in [-0.05, 0) is 45.9 Å². The Labute approximate surface area is 346 Å². The number of hydrogen-bond donors (Lipinski definition) is 0. The quantitative estimate of drug-likeness (QED) is 0.0899. The van der Waals surface area contributed by atoms with Gasteiger partial charge in [-0.1, -0.05) is 91.8 Å². The summed E-state index contributed by atoms with van der Waals surface area (Å²) in [4.78, 5) is 32.5. The number of methoxy groups -OCH3 is 1. The molecule has 1 saturated heterocycles. The fourth-order valence-corrected chi connectivity index (χ4v) is 8.50. The van der Waals surface area contributed by atoms with E-state index in [-0.39, 0.29) is 11.8 Å². The summed E-state index contributed by atoms with van der Waals surface area (Å²) in [7, 11) is 7.51. The second-order valence-corrected chi connectivity index (χ2v) is 17.8. The third-order valence-electron chi connectivity index (χ3n) is 10.4. The molecule has 4 aromatic rings.